The predicted octanol–water partition coefficient (Wildman–Crippen LogP) is 3.61. The fourth-order valence-corrected chi connectivity index (χ4v) is 2.52. The molecule has 0 spiro atoms. The maximum atomic E-state index is 11.5. The summed E-state index contributed by atoms with van der Waals surface area (Å²) in [6, 6.07) is 5.03. The molecule has 1 aromatic rings. The molecule has 18 heavy (non-hydrogen) atoms. The highest BCUT2D eigenvalue weighted by Gasteiger charge is 2.11. The molecule has 1 rings (SSSR count). The van der Waals surface area contributed by atoms with Crippen molar-refractivity contribution in [2.45, 2.75) is 18.2 Å². The summed E-state index contributed by atoms with van der Waals surface area (Å²) in [5, 5.41) is 1.09. The molecule has 0 unspecified atom stereocenters. The Morgan fingerprint density at radius 1 is 1.33 bits per heavy atom. The molecule has 0 atom stereocenters. The van der Waals surface area contributed by atoms with Gasteiger partial charge in [-0.05, 0) is 25.1 Å². The predicted molar refractivity (Wildman–Crippen MR) is 73.4 cm³/mol. The van der Waals surface area contributed by atoms with E-state index in [0.717, 1.165) is 4.90 Å². The van der Waals surface area contributed by atoms with Crippen LogP contribution >= 0.6 is 35.0 Å². The van der Waals surface area contributed by atoms with Gasteiger partial charge in [-0.25, -0.2) is 0 Å². The van der Waals surface area contributed by atoms with Crippen LogP contribution in [0.3, 0.4) is 0 Å². The van der Waals surface area contributed by atoms with Crippen LogP contribution < -0.4 is 0 Å². The second kappa shape index (κ2) is 7.67. The Morgan fingerprint density at radius 2 is 2.06 bits per heavy atom. The number of Topliss-reactive ketones (excluding diaryl/α,β-unsaturated/α-hetero) is 1. The zero-order valence-corrected chi connectivity index (χ0v) is 12.1. The van der Waals surface area contributed by atoms with Gasteiger partial charge < -0.3 is 4.74 Å². The molecule has 3 nitrogen and oxygen atoms in total. The van der Waals surface area contributed by atoms with E-state index in [1.807, 2.05) is 0 Å². The highest BCUT2D eigenvalue weighted by molar-refractivity contribution is 8.00. The topological polar surface area (TPSA) is 43.4 Å². The van der Waals surface area contributed by atoms with Gasteiger partial charge in [0.05, 0.1) is 17.4 Å². The third-order valence-electron chi connectivity index (χ3n) is 1.93. The van der Waals surface area contributed by atoms with Gasteiger partial charge in [-0.1, -0.05) is 23.2 Å². The Balaban J connectivity index is 2.47. The van der Waals surface area contributed by atoms with E-state index in [2.05, 4.69) is 0 Å². The van der Waals surface area contributed by atoms with E-state index in [-0.39, 0.29) is 24.6 Å². The van der Waals surface area contributed by atoms with E-state index in [1.54, 1.807) is 25.1 Å². The maximum Gasteiger partial charge on any atom is 0.313 e. The molecule has 0 fully saturated rings. The van der Waals surface area contributed by atoms with Crippen LogP contribution in [-0.4, -0.2) is 24.1 Å². The summed E-state index contributed by atoms with van der Waals surface area (Å²) in [4.78, 5) is 23.3. The summed E-state index contributed by atoms with van der Waals surface area (Å²) < 4.78 is 4.69. The van der Waals surface area contributed by atoms with Crippen LogP contribution in [0.5, 0.6) is 0 Å². The number of halogens is 2. The van der Waals surface area contributed by atoms with Crippen molar-refractivity contribution in [2.75, 3.05) is 12.4 Å². The van der Waals surface area contributed by atoms with Gasteiger partial charge in [0.15, 0.2) is 5.78 Å². The molecule has 0 aromatic heterocycles. The van der Waals surface area contributed by atoms with Crippen LogP contribution in [0.1, 0.15) is 13.3 Å². The molecule has 0 aliphatic heterocycles. The highest BCUT2D eigenvalue weighted by atomic mass is 35.5. The number of thioether (sulfide) groups is 1. The summed E-state index contributed by atoms with van der Waals surface area (Å²) in [5.74, 6) is -0.534. The van der Waals surface area contributed by atoms with E-state index >= 15 is 0 Å². The molecular weight excluding hydrogens is 295 g/mol. The first kappa shape index (κ1) is 15.3. The zero-order chi connectivity index (χ0) is 13.5. The van der Waals surface area contributed by atoms with E-state index < -0.39 is 5.97 Å². The fraction of sp³-hybridized carbons (Fsp3) is 0.333. The number of hydrogen-bond donors (Lipinski definition) is 0. The van der Waals surface area contributed by atoms with Crippen LogP contribution in [-0.2, 0) is 14.3 Å². The van der Waals surface area contributed by atoms with Gasteiger partial charge in [0.25, 0.3) is 0 Å². The lowest BCUT2D eigenvalue weighted by Gasteiger charge is -2.04. The SMILES string of the molecule is CCOC(=O)CC(=O)CSc1cc(Cl)ccc1Cl. The number of ketones is 1. The number of hydrogen-bond acceptors (Lipinski definition) is 4. The summed E-state index contributed by atoms with van der Waals surface area (Å²) in [6.45, 7) is 1.97. The summed E-state index contributed by atoms with van der Waals surface area (Å²) in [6.07, 6.45) is -0.209. The first-order valence-electron chi connectivity index (χ1n) is 5.28. The molecular formula is C12H12Cl2O3S. The highest BCUT2D eigenvalue weighted by Crippen LogP contribution is 2.29. The molecule has 6 heteroatoms. The number of benzene rings is 1. The van der Waals surface area contributed by atoms with Crippen LogP contribution in [0.25, 0.3) is 0 Å². The van der Waals surface area contributed by atoms with Crippen molar-refractivity contribution in [2.24, 2.45) is 0 Å². The van der Waals surface area contributed by atoms with Crippen molar-refractivity contribution >= 4 is 46.7 Å². The van der Waals surface area contributed by atoms with Gasteiger partial charge >= 0.3 is 5.97 Å². The minimum Gasteiger partial charge on any atom is -0.466 e. The molecule has 0 aliphatic rings. The normalized spacial score (nSPS) is 10.2. The molecule has 0 N–H and O–H groups in total. The van der Waals surface area contributed by atoms with Crippen LogP contribution in [0.15, 0.2) is 23.1 Å². The molecule has 0 aliphatic carbocycles. The Labute approximate surface area is 120 Å². The third kappa shape index (κ3) is 5.29. The van der Waals surface area contributed by atoms with Crippen LogP contribution in [0, 0.1) is 0 Å². The van der Waals surface area contributed by atoms with Gasteiger partial charge in [-0.15, -0.1) is 11.8 Å². The van der Waals surface area contributed by atoms with Crippen LogP contribution in [0.4, 0.5) is 0 Å². The lowest BCUT2D eigenvalue weighted by molar-refractivity contribution is -0.145. The van der Waals surface area contributed by atoms with E-state index in [1.165, 1.54) is 11.8 Å². The molecule has 1 aromatic carbocycles. The largest absolute Gasteiger partial charge is 0.466 e. The van der Waals surface area contributed by atoms with Crippen molar-refractivity contribution < 1.29 is 14.3 Å². The zero-order valence-electron chi connectivity index (χ0n) is 9.74. The van der Waals surface area contributed by atoms with Crippen LogP contribution in [0.2, 0.25) is 10.0 Å². The van der Waals surface area contributed by atoms with Gasteiger partial charge in [0.1, 0.15) is 6.42 Å². The Kier molecular flexibility index (Phi) is 6.54. The maximum absolute atomic E-state index is 11.5. The quantitative estimate of drug-likeness (QED) is 0.457. The number of carbonyl (C=O) groups is 2. The smallest absolute Gasteiger partial charge is 0.313 e. The molecule has 0 bridgehead atoms. The molecule has 98 valence electrons. The van der Waals surface area contributed by atoms with Gasteiger partial charge in [0, 0.05) is 9.92 Å². The lowest BCUT2D eigenvalue weighted by Crippen LogP contribution is -2.12. The van der Waals surface area contributed by atoms with E-state index in [0.29, 0.717) is 10.0 Å². The first-order chi connectivity index (χ1) is 8.52. The summed E-state index contributed by atoms with van der Waals surface area (Å²) in [5.41, 5.74) is 0. The van der Waals surface area contributed by atoms with E-state index in [4.69, 9.17) is 27.9 Å². The average Bonchev–Trinajstić information content (AvgIpc) is 2.30. The molecule has 0 amide bonds. The number of carbonyl (C=O) groups excluding carboxylic acids is 2. The first-order valence-corrected chi connectivity index (χ1v) is 7.02. The number of esters is 1. The second-order valence-corrected chi connectivity index (χ2v) is 5.24. The van der Waals surface area contributed by atoms with Gasteiger partial charge in [-0.3, -0.25) is 9.59 Å². The summed E-state index contributed by atoms with van der Waals surface area (Å²) >= 11 is 13.0. The Bertz CT molecular complexity index is 449. The van der Waals surface area contributed by atoms with Crippen molar-refractivity contribution in [3.8, 4) is 0 Å². The third-order valence-corrected chi connectivity index (χ3v) is 3.72. The van der Waals surface area contributed by atoms with Crippen molar-refractivity contribution in [3.63, 3.8) is 0 Å². The Hall–Kier alpha value is -0.710. The van der Waals surface area contributed by atoms with Crippen molar-refractivity contribution in [3.05, 3.63) is 28.2 Å². The lowest BCUT2D eigenvalue weighted by atomic mass is 10.3. The molecule has 0 heterocycles. The Morgan fingerprint density at radius 3 is 2.72 bits per heavy atom. The van der Waals surface area contributed by atoms with Crippen molar-refractivity contribution in [1.82, 2.24) is 0 Å². The van der Waals surface area contributed by atoms with Crippen molar-refractivity contribution in [1.29, 1.82) is 0 Å². The fourth-order valence-electron chi connectivity index (χ4n) is 1.17. The monoisotopic (exact) mass is 306 g/mol. The number of rotatable bonds is 6. The summed E-state index contributed by atoms with van der Waals surface area (Å²) in [7, 11) is 0. The molecule has 0 radical (unpaired) electrons. The second-order valence-electron chi connectivity index (χ2n) is 3.38. The standard InChI is InChI=1S/C12H12Cl2O3S/c1-2-17-12(16)6-9(15)7-18-11-5-8(13)3-4-10(11)14/h3-5H,2,6-7H2,1H3. The minimum absolute atomic E-state index is 0.166. The average molecular weight is 307 g/mol. The molecule has 0 saturated carbocycles. The van der Waals surface area contributed by atoms with E-state index in [9.17, 15) is 9.59 Å². The number of ether oxygens (including phenoxy) is 1. The van der Waals surface area contributed by atoms with Gasteiger partial charge in [-0.2, -0.15) is 0 Å². The minimum atomic E-state index is -0.500. The van der Waals surface area contributed by atoms with Gasteiger partial charge in [0.2, 0.25) is 0 Å². The molecule has 0 saturated heterocycles.